The van der Waals surface area contributed by atoms with Crippen LogP contribution in [0.4, 0.5) is 0 Å². The number of hydrogen-bond acceptors (Lipinski definition) is 3. The van der Waals surface area contributed by atoms with E-state index in [1.807, 2.05) is 36.9 Å². The first kappa shape index (κ1) is 24.8. The molecule has 5 heteroatoms. The molecule has 1 N–H and O–H groups in total. The van der Waals surface area contributed by atoms with Crippen LogP contribution in [0.25, 0.3) is 0 Å². The quantitative estimate of drug-likeness (QED) is 0.571. The monoisotopic (exact) mass is 450 g/mol. The number of carbonyl (C=O) groups excluding carboxylic acids is 2. The third-order valence-corrected chi connectivity index (χ3v) is 6.29. The van der Waals surface area contributed by atoms with Crippen molar-refractivity contribution in [1.82, 2.24) is 10.2 Å². The lowest BCUT2D eigenvalue weighted by Gasteiger charge is -2.38. The molecule has 1 aliphatic heterocycles. The molecule has 0 aliphatic carbocycles. The third-order valence-electron chi connectivity index (χ3n) is 6.29. The minimum atomic E-state index is -0.537. The molecule has 0 radical (unpaired) electrons. The molecule has 0 saturated carbocycles. The zero-order valence-electron chi connectivity index (χ0n) is 20.7. The summed E-state index contributed by atoms with van der Waals surface area (Å²) in [6.45, 7) is 11.6. The van der Waals surface area contributed by atoms with Gasteiger partial charge >= 0.3 is 0 Å². The van der Waals surface area contributed by atoms with Crippen molar-refractivity contribution in [3.63, 3.8) is 0 Å². The zero-order valence-corrected chi connectivity index (χ0v) is 20.7. The Morgan fingerprint density at radius 1 is 1.15 bits per heavy atom. The summed E-state index contributed by atoms with van der Waals surface area (Å²) >= 11 is 0. The van der Waals surface area contributed by atoms with Crippen LogP contribution in [0.5, 0.6) is 5.75 Å². The molecule has 2 amide bonds. The van der Waals surface area contributed by atoms with Gasteiger partial charge in [0.15, 0.2) is 6.10 Å². The van der Waals surface area contributed by atoms with Crippen LogP contribution in [0, 0.1) is 12.8 Å². The van der Waals surface area contributed by atoms with E-state index >= 15 is 0 Å². The van der Waals surface area contributed by atoms with Crippen LogP contribution in [0.1, 0.15) is 75.3 Å². The molecular formula is C28H38N2O3. The van der Waals surface area contributed by atoms with Gasteiger partial charge in [0.1, 0.15) is 5.75 Å². The summed E-state index contributed by atoms with van der Waals surface area (Å²) in [5.41, 5.74) is 4.58. The molecule has 2 aromatic carbocycles. The lowest BCUT2D eigenvalue weighted by atomic mass is 9.87. The number of aryl methyl sites for hydroxylation is 1. The molecule has 1 aliphatic rings. The van der Waals surface area contributed by atoms with Gasteiger partial charge in [0.2, 0.25) is 5.91 Å². The summed E-state index contributed by atoms with van der Waals surface area (Å²) in [6.07, 6.45) is 2.29. The van der Waals surface area contributed by atoms with Crippen LogP contribution in [0.3, 0.4) is 0 Å². The second kappa shape index (κ2) is 11.4. The van der Waals surface area contributed by atoms with Gasteiger partial charge in [-0.2, -0.15) is 0 Å². The summed E-state index contributed by atoms with van der Waals surface area (Å²) in [5, 5.41) is 3.00. The maximum Gasteiger partial charge on any atom is 0.261 e. The molecule has 0 unspecified atom stereocenters. The number of carbonyl (C=O) groups is 2. The first-order valence-corrected chi connectivity index (χ1v) is 12.3. The Morgan fingerprint density at radius 2 is 1.94 bits per heavy atom. The molecule has 2 aromatic rings. The molecule has 0 spiro atoms. The highest BCUT2D eigenvalue weighted by atomic mass is 16.5. The van der Waals surface area contributed by atoms with Crippen LogP contribution in [-0.4, -0.2) is 35.9 Å². The van der Waals surface area contributed by atoms with Crippen LogP contribution in [0.15, 0.2) is 42.5 Å². The normalized spacial score (nSPS) is 16.3. The van der Waals surface area contributed by atoms with E-state index < -0.39 is 6.10 Å². The standard InChI is InChI=1S/C28H38N2O3/c1-6-25(28(32)29-15-13-19(3)4)33-23-12-11-21-14-16-30(26(31)7-2)27(24(21)18-23)22-10-8-9-20(5)17-22/h8-12,17-19,25,27H,6-7,13-16H2,1-5H3,(H,29,32)/t25-,27+/m1/s1. The van der Waals surface area contributed by atoms with Crippen molar-refractivity contribution in [1.29, 1.82) is 0 Å². The fourth-order valence-corrected chi connectivity index (χ4v) is 4.42. The molecule has 178 valence electrons. The lowest BCUT2D eigenvalue weighted by Crippen LogP contribution is -2.40. The van der Waals surface area contributed by atoms with Crippen molar-refractivity contribution in [3.8, 4) is 5.75 Å². The average molecular weight is 451 g/mol. The fourth-order valence-electron chi connectivity index (χ4n) is 4.42. The Labute approximate surface area is 198 Å². The van der Waals surface area contributed by atoms with Gasteiger partial charge in [-0.1, -0.05) is 63.6 Å². The number of hydrogen-bond donors (Lipinski definition) is 1. The molecule has 2 atom stereocenters. The largest absolute Gasteiger partial charge is 0.481 e. The van der Waals surface area contributed by atoms with Crippen molar-refractivity contribution < 1.29 is 14.3 Å². The summed E-state index contributed by atoms with van der Waals surface area (Å²) in [5.74, 6) is 1.28. The van der Waals surface area contributed by atoms with E-state index in [9.17, 15) is 9.59 Å². The molecule has 5 nitrogen and oxygen atoms in total. The van der Waals surface area contributed by atoms with Gasteiger partial charge in [-0.15, -0.1) is 0 Å². The summed E-state index contributed by atoms with van der Waals surface area (Å²) in [7, 11) is 0. The SMILES string of the molecule is CCC(=O)N1CCc2ccc(O[C@H](CC)C(=O)NCCC(C)C)cc2[C@@H]1c1cccc(C)c1. The number of rotatable bonds is 9. The second-order valence-corrected chi connectivity index (χ2v) is 9.36. The minimum absolute atomic E-state index is 0.0751. The maximum atomic E-state index is 12.8. The highest BCUT2D eigenvalue weighted by Gasteiger charge is 2.32. The number of nitrogens with one attached hydrogen (secondary N) is 1. The number of ether oxygens (including phenoxy) is 1. The van der Waals surface area contributed by atoms with Crippen LogP contribution >= 0.6 is 0 Å². The third kappa shape index (κ3) is 6.16. The van der Waals surface area contributed by atoms with Crippen molar-refractivity contribution in [2.75, 3.05) is 13.1 Å². The van der Waals surface area contributed by atoms with E-state index in [2.05, 4.69) is 50.4 Å². The highest BCUT2D eigenvalue weighted by molar-refractivity contribution is 5.81. The molecule has 0 saturated heterocycles. The Bertz CT molecular complexity index is 969. The molecular weight excluding hydrogens is 412 g/mol. The van der Waals surface area contributed by atoms with Crippen LogP contribution in [0.2, 0.25) is 0 Å². The summed E-state index contributed by atoms with van der Waals surface area (Å²) in [4.78, 5) is 27.5. The maximum absolute atomic E-state index is 12.8. The van der Waals surface area contributed by atoms with Crippen molar-refractivity contribution in [2.45, 2.75) is 72.4 Å². The summed E-state index contributed by atoms with van der Waals surface area (Å²) in [6, 6.07) is 14.3. The molecule has 3 rings (SSSR count). The minimum Gasteiger partial charge on any atom is -0.481 e. The number of benzene rings is 2. The first-order valence-electron chi connectivity index (χ1n) is 12.3. The number of amides is 2. The van der Waals surface area contributed by atoms with Gasteiger partial charge in [-0.25, -0.2) is 0 Å². The van der Waals surface area contributed by atoms with Gasteiger partial charge in [-0.05, 0) is 60.9 Å². The predicted octanol–water partition coefficient (Wildman–Crippen LogP) is 5.20. The van der Waals surface area contributed by atoms with Crippen LogP contribution < -0.4 is 10.1 Å². The van der Waals surface area contributed by atoms with E-state index in [-0.39, 0.29) is 17.9 Å². The van der Waals surface area contributed by atoms with Gasteiger partial charge in [0.25, 0.3) is 5.91 Å². The molecule has 0 bridgehead atoms. The Balaban J connectivity index is 1.89. The Hall–Kier alpha value is -2.82. The van der Waals surface area contributed by atoms with Crippen molar-refractivity contribution >= 4 is 11.8 Å². The topological polar surface area (TPSA) is 58.6 Å². The van der Waals surface area contributed by atoms with Gasteiger partial charge < -0.3 is 15.0 Å². The van der Waals surface area contributed by atoms with Crippen molar-refractivity contribution in [3.05, 3.63) is 64.7 Å². The van der Waals surface area contributed by atoms with E-state index in [0.717, 1.165) is 24.0 Å². The van der Waals surface area contributed by atoms with Gasteiger partial charge in [0, 0.05) is 19.5 Å². The summed E-state index contributed by atoms with van der Waals surface area (Å²) < 4.78 is 6.16. The molecule has 0 aromatic heterocycles. The Kier molecular flexibility index (Phi) is 8.54. The second-order valence-electron chi connectivity index (χ2n) is 9.36. The number of fused-ring (bicyclic) bond motifs is 1. The molecule has 33 heavy (non-hydrogen) atoms. The zero-order chi connectivity index (χ0) is 24.0. The highest BCUT2D eigenvalue weighted by Crippen LogP contribution is 2.38. The predicted molar refractivity (Wildman–Crippen MR) is 132 cm³/mol. The van der Waals surface area contributed by atoms with Gasteiger partial charge in [0.05, 0.1) is 6.04 Å². The lowest BCUT2D eigenvalue weighted by molar-refractivity contribution is -0.133. The van der Waals surface area contributed by atoms with Crippen LogP contribution in [-0.2, 0) is 16.0 Å². The van der Waals surface area contributed by atoms with E-state index in [1.54, 1.807) is 0 Å². The smallest absolute Gasteiger partial charge is 0.261 e. The number of nitrogens with zero attached hydrogens (tertiary/aromatic N) is 1. The molecule has 1 heterocycles. The van der Waals surface area contributed by atoms with E-state index in [0.29, 0.717) is 37.6 Å². The fraction of sp³-hybridized carbons (Fsp3) is 0.500. The molecule has 0 fully saturated rings. The average Bonchev–Trinajstić information content (AvgIpc) is 2.80. The van der Waals surface area contributed by atoms with Crippen molar-refractivity contribution in [2.24, 2.45) is 5.92 Å². The van der Waals surface area contributed by atoms with E-state index in [1.165, 1.54) is 11.1 Å². The first-order chi connectivity index (χ1) is 15.8. The van der Waals surface area contributed by atoms with Gasteiger partial charge in [-0.3, -0.25) is 9.59 Å². The Morgan fingerprint density at radius 3 is 2.61 bits per heavy atom. The van der Waals surface area contributed by atoms with E-state index in [4.69, 9.17) is 4.74 Å².